The van der Waals surface area contributed by atoms with Crippen molar-refractivity contribution in [1.29, 1.82) is 0 Å². The van der Waals surface area contributed by atoms with E-state index in [0.29, 0.717) is 17.5 Å². The van der Waals surface area contributed by atoms with Crippen LogP contribution in [0, 0.1) is 0 Å². The van der Waals surface area contributed by atoms with Gasteiger partial charge in [0.1, 0.15) is 11.2 Å². The molecule has 3 heterocycles. The van der Waals surface area contributed by atoms with Crippen LogP contribution in [0.25, 0.3) is 101 Å². The van der Waals surface area contributed by atoms with Gasteiger partial charge in [-0.25, -0.2) is 15.0 Å². The van der Waals surface area contributed by atoms with Gasteiger partial charge in [-0.05, 0) is 51.6 Å². The lowest BCUT2D eigenvalue weighted by molar-refractivity contribution is 0.668. The molecule has 3 aromatic heterocycles. The van der Waals surface area contributed by atoms with Crippen molar-refractivity contribution in [1.82, 2.24) is 19.9 Å². The van der Waals surface area contributed by atoms with Gasteiger partial charge in [0.05, 0.1) is 11.1 Å². The molecule has 258 valence electrons. The molecule has 0 bridgehead atoms. The highest BCUT2D eigenvalue weighted by atomic mass is 16.3. The Hall–Kier alpha value is -7.50. The molecule has 55 heavy (non-hydrogen) atoms. The molecule has 0 aliphatic rings. The second-order valence-electron chi connectivity index (χ2n) is 13.5. The Bertz CT molecular complexity index is 2820. The zero-order valence-electron chi connectivity index (χ0n) is 29.7. The second kappa shape index (κ2) is 13.8. The van der Waals surface area contributed by atoms with Crippen LogP contribution in [0.3, 0.4) is 0 Å². The summed E-state index contributed by atoms with van der Waals surface area (Å²) in [5.74, 6) is 1.76. The van der Waals surface area contributed by atoms with Crippen LogP contribution in [-0.4, -0.2) is 19.9 Å². The summed E-state index contributed by atoms with van der Waals surface area (Å²) in [4.78, 5) is 19.9. The number of pyridine rings is 1. The number of rotatable bonds is 7. The molecule has 0 N–H and O–H groups in total. The Morgan fingerprint density at radius 3 is 1.16 bits per heavy atom. The van der Waals surface area contributed by atoms with E-state index in [0.717, 1.165) is 77.7 Å². The zero-order chi connectivity index (χ0) is 36.6. The van der Waals surface area contributed by atoms with Gasteiger partial charge in [-0.3, -0.25) is 4.98 Å². The number of fused-ring (bicyclic) bond motifs is 3. The van der Waals surface area contributed by atoms with Gasteiger partial charge in [0.15, 0.2) is 17.5 Å². The molecule has 0 saturated heterocycles. The zero-order valence-corrected chi connectivity index (χ0v) is 29.7. The first-order valence-corrected chi connectivity index (χ1v) is 18.3. The molecule has 5 heteroatoms. The summed E-state index contributed by atoms with van der Waals surface area (Å²) in [6.45, 7) is 0. The minimum atomic E-state index is 0.566. The molecule has 10 aromatic rings. The lowest BCUT2D eigenvalue weighted by Crippen LogP contribution is -2.00. The van der Waals surface area contributed by atoms with Crippen LogP contribution < -0.4 is 0 Å². The average Bonchev–Trinajstić information content (AvgIpc) is 3.66. The quantitative estimate of drug-likeness (QED) is 0.165. The molecule has 0 atom stereocenters. The van der Waals surface area contributed by atoms with Gasteiger partial charge in [0.25, 0.3) is 0 Å². The van der Waals surface area contributed by atoms with Crippen LogP contribution >= 0.6 is 0 Å². The summed E-state index contributed by atoms with van der Waals surface area (Å²) >= 11 is 0. The fourth-order valence-electron chi connectivity index (χ4n) is 7.18. The van der Waals surface area contributed by atoms with E-state index >= 15 is 0 Å². The SMILES string of the molecule is c1ccc(-c2ccc(-c3nc(-c4ccc(-c5ccccc5)cc4)nc(-c4ccc5c(c4)oc4ccnc(-c6ccc(-c7ccccc7)cc6)c45)n3)cc2)cc1. The number of nitrogens with zero attached hydrogens (tertiary/aromatic N) is 4. The van der Waals surface area contributed by atoms with E-state index in [9.17, 15) is 0 Å². The predicted octanol–water partition coefficient (Wildman–Crippen LogP) is 12.8. The Morgan fingerprint density at radius 1 is 0.309 bits per heavy atom. The van der Waals surface area contributed by atoms with Crippen LogP contribution in [0.4, 0.5) is 0 Å². The molecule has 0 aliphatic heterocycles. The molecule has 0 spiro atoms. The molecule has 0 unspecified atom stereocenters. The third-order valence-corrected chi connectivity index (χ3v) is 10.0. The predicted molar refractivity (Wildman–Crippen MR) is 223 cm³/mol. The summed E-state index contributed by atoms with van der Waals surface area (Å²) < 4.78 is 6.50. The second-order valence-corrected chi connectivity index (χ2v) is 13.5. The fourth-order valence-corrected chi connectivity index (χ4v) is 7.18. The molecule has 0 amide bonds. The first kappa shape index (κ1) is 32.2. The molecule has 0 saturated carbocycles. The van der Waals surface area contributed by atoms with E-state index in [4.69, 9.17) is 24.4 Å². The maximum absolute atomic E-state index is 6.50. The lowest BCUT2D eigenvalue weighted by atomic mass is 10.0. The van der Waals surface area contributed by atoms with Gasteiger partial charge >= 0.3 is 0 Å². The van der Waals surface area contributed by atoms with Gasteiger partial charge in [-0.15, -0.1) is 0 Å². The van der Waals surface area contributed by atoms with Crippen LogP contribution in [0.5, 0.6) is 0 Å². The van der Waals surface area contributed by atoms with Crippen molar-refractivity contribution in [3.8, 4) is 78.8 Å². The van der Waals surface area contributed by atoms with E-state index in [1.54, 1.807) is 0 Å². The van der Waals surface area contributed by atoms with Crippen molar-refractivity contribution in [3.63, 3.8) is 0 Å². The highest BCUT2D eigenvalue weighted by molar-refractivity contribution is 6.12. The van der Waals surface area contributed by atoms with Gasteiger partial charge in [-0.2, -0.15) is 0 Å². The highest BCUT2D eigenvalue weighted by Gasteiger charge is 2.18. The van der Waals surface area contributed by atoms with E-state index in [1.165, 1.54) is 5.56 Å². The fraction of sp³-hybridized carbons (Fsp3) is 0. The Morgan fingerprint density at radius 2 is 0.691 bits per heavy atom. The summed E-state index contributed by atoms with van der Waals surface area (Å²) in [7, 11) is 0. The molecule has 0 aliphatic carbocycles. The Balaban J connectivity index is 1.06. The van der Waals surface area contributed by atoms with Crippen LogP contribution in [0.2, 0.25) is 0 Å². The molecule has 10 rings (SSSR count). The maximum Gasteiger partial charge on any atom is 0.164 e. The molecule has 0 fully saturated rings. The molecule has 7 aromatic carbocycles. The smallest absolute Gasteiger partial charge is 0.164 e. The average molecular weight is 705 g/mol. The molecule has 0 radical (unpaired) electrons. The summed E-state index contributed by atoms with van der Waals surface area (Å²) in [6.07, 6.45) is 1.81. The van der Waals surface area contributed by atoms with E-state index < -0.39 is 0 Å². The van der Waals surface area contributed by atoms with E-state index in [-0.39, 0.29) is 0 Å². The molecular formula is C50H32N4O. The monoisotopic (exact) mass is 704 g/mol. The number of aromatic nitrogens is 4. The van der Waals surface area contributed by atoms with Crippen LogP contribution in [0.15, 0.2) is 199 Å². The number of benzene rings is 7. The first-order valence-electron chi connectivity index (χ1n) is 18.3. The van der Waals surface area contributed by atoms with Crippen molar-refractivity contribution in [2.75, 3.05) is 0 Å². The van der Waals surface area contributed by atoms with Crippen molar-refractivity contribution in [2.24, 2.45) is 0 Å². The van der Waals surface area contributed by atoms with Gasteiger partial charge < -0.3 is 4.42 Å². The number of hydrogen-bond acceptors (Lipinski definition) is 5. The topological polar surface area (TPSA) is 64.7 Å². The van der Waals surface area contributed by atoms with Crippen molar-refractivity contribution in [3.05, 3.63) is 194 Å². The number of furan rings is 1. The first-order chi connectivity index (χ1) is 27.2. The third-order valence-electron chi connectivity index (χ3n) is 10.0. The normalized spacial score (nSPS) is 11.3. The van der Waals surface area contributed by atoms with Crippen LogP contribution in [-0.2, 0) is 0 Å². The summed E-state index contributed by atoms with van der Waals surface area (Å²) in [6, 6.07) is 64.5. The molecular weight excluding hydrogens is 673 g/mol. The highest BCUT2D eigenvalue weighted by Crippen LogP contribution is 2.38. The Labute approximate surface area is 318 Å². The van der Waals surface area contributed by atoms with Gasteiger partial charge in [0, 0.05) is 33.8 Å². The van der Waals surface area contributed by atoms with Gasteiger partial charge in [0.2, 0.25) is 0 Å². The van der Waals surface area contributed by atoms with Crippen molar-refractivity contribution in [2.45, 2.75) is 0 Å². The summed E-state index contributed by atoms with van der Waals surface area (Å²) in [5, 5.41) is 1.96. The third kappa shape index (κ3) is 6.24. The standard InChI is InChI=1S/C50H32N4O/c1-4-10-33(11-5-1)36-16-22-39(23-17-36)47-46-43-29-28-42(32-45(43)55-44(46)30-31-51-47)50-53-48(40-24-18-37(19-25-40)34-12-6-2-7-13-34)52-49(54-50)41-26-20-38(21-27-41)35-14-8-3-9-15-35/h1-32H. The Kier molecular flexibility index (Phi) is 8.08. The van der Waals surface area contributed by atoms with Crippen molar-refractivity contribution >= 4 is 21.9 Å². The van der Waals surface area contributed by atoms with Gasteiger partial charge in [-0.1, -0.05) is 170 Å². The largest absolute Gasteiger partial charge is 0.456 e. The van der Waals surface area contributed by atoms with E-state index in [1.807, 2.05) is 36.5 Å². The molecule has 5 nitrogen and oxygen atoms in total. The van der Waals surface area contributed by atoms with Crippen molar-refractivity contribution < 1.29 is 4.42 Å². The minimum Gasteiger partial charge on any atom is -0.456 e. The summed E-state index contributed by atoms with van der Waals surface area (Å²) in [5.41, 5.74) is 13.0. The minimum absolute atomic E-state index is 0.566. The maximum atomic E-state index is 6.50. The van der Waals surface area contributed by atoms with Crippen LogP contribution in [0.1, 0.15) is 0 Å². The lowest BCUT2D eigenvalue weighted by Gasteiger charge is -2.10. The number of hydrogen-bond donors (Lipinski definition) is 0. The van der Waals surface area contributed by atoms with E-state index in [2.05, 4.69) is 158 Å².